The van der Waals surface area contributed by atoms with Gasteiger partial charge in [-0.15, -0.1) is 0 Å². The molecule has 0 unspecified atom stereocenters. The third-order valence-electron chi connectivity index (χ3n) is 4.56. The lowest BCUT2D eigenvalue weighted by molar-refractivity contribution is -0.117. The molecule has 8 heteroatoms. The molecule has 0 aliphatic heterocycles. The minimum Gasteiger partial charge on any atom is -0.326 e. The standard InChI is InChI=1S/C21H24N6OS/c1-12(2)17-11-18(24-19-10-13(3)26-27-19)25-21(23-17)29-16-8-6-15(7-9-16)22-20(28)14-4-5-14/h6-12,14H,4-5H2,1-3H3,(H,22,28)(H2,23,24,25,26,27). The van der Waals surface area contributed by atoms with Crippen molar-refractivity contribution in [1.82, 2.24) is 20.2 Å². The molecule has 29 heavy (non-hydrogen) atoms. The number of hydrogen-bond acceptors (Lipinski definition) is 6. The van der Waals surface area contributed by atoms with Gasteiger partial charge in [0.25, 0.3) is 0 Å². The fourth-order valence-electron chi connectivity index (χ4n) is 2.76. The topological polar surface area (TPSA) is 95.6 Å². The Morgan fingerprint density at radius 2 is 1.90 bits per heavy atom. The van der Waals surface area contributed by atoms with Crippen molar-refractivity contribution in [1.29, 1.82) is 0 Å². The van der Waals surface area contributed by atoms with E-state index in [1.165, 1.54) is 11.8 Å². The van der Waals surface area contributed by atoms with Gasteiger partial charge in [-0.3, -0.25) is 9.89 Å². The van der Waals surface area contributed by atoms with Crippen molar-refractivity contribution < 1.29 is 4.79 Å². The van der Waals surface area contributed by atoms with Crippen molar-refractivity contribution in [3.05, 3.63) is 47.8 Å². The summed E-state index contributed by atoms with van der Waals surface area (Å²) < 4.78 is 0. The number of benzene rings is 1. The molecule has 4 rings (SSSR count). The maximum Gasteiger partial charge on any atom is 0.227 e. The van der Waals surface area contributed by atoms with Crippen LogP contribution in [0.2, 0.25) is 0 Å². The molecule has 0 atom stereocenters. The second-order valence-electron chi connectivity index (χ2n) is 7.57. The Morgan fingerprint density at radius 1 is 1.14 bits per heavy atom. The predicted octanol–water partition coefficient (Wildman–Crippen LogP) is 4.87. The maximum absolute atomic E-state index is 11.9. The van der Waals surface area contributed by atoms with Gasteiger partial charge in [-0.25, -0.2) is 9.97 Å². The number of carbonyl (C=O) groups is 1. The van der Waals surface area contributed by atoms with Crippen molar-refractivity contribution in [3.8, 4) is 0 Å². The molecule has 2 aromatic heterocycles. The van der Waals surface area contributed by atoms with Crippen LogP contribution in [0.25, 0.3) is 0 Å². The quantitative estimate of drug-likeness (QED) is 0.483. The van der Waals surface area contributed by atoms with Gasteiger partial charge in [-0.2, -0.15) is 5.10 Å². The van der Waals surface area contributed by atoms with Gasteiger partial charge < -0.3 is 10.6 Å². The largest absolute Gasteiger partial charge is 0.326 e. The second-order valence-corrected chi connectivity index (χ2v) is 8.61. The van der Waals surface area contributed by atoms with Gasteiger partial charge in [-0.05, 0) is 61.7 Å². The number of rotatable bonds is 7. The first kappa shape index (κ1) is 19.4. The number of anilines is 3. The van der Waals surface area contributed by atoms with E-state index in [4.69, 9.17) is 4.98 Å². The summed E-state index contributed by atoms with van der Waals surface area (Å²) >= 11 is 1.49. The number of amides is 1. The Hall–Kier alpha value is -2.87. The van der Waals surface area contributed by atoms with E-state index in [1.807, 2.05) is 43.3 Å². The van der Waals surface area contributed by atoms with Crippen LogP contribution in [0.15, 0.2) is 46.5 Å². The molecule has 1 aliphatic rings. The Balaban J connectivity index is 1.50. The number of nitrogens with zero attached hydrogens (tertiary/aromatic N) is 3. The fourth-order valence-corrected chi connectivity index (χ4v) is 3.54. The lowest BCUT2D eigenvalue weighted by Crippen LogP contribution is -2.12. The molecular weight excluding hydrogens is 384 g/mol. The Bertz CT molecular complexity index is 1010. The van der Waals surface area contributed by atoms with Gasteiger partial charge in [0.1, 0.15) is 5.82 Å². The molecule has 1 saturated carbocycles. The minimum absolute atomic E-state index is 0.114. The molecule has 0 saturated heterocycles. The highest BCUT2D eigenvalue weighted by Crippen LogP contribution is 2.32. The number of carbonyl (C=O) groups excluding carboxylic acids is 1. The molecule has 0 spiro atoms. The summed E-state index contributed by atoms with van der Waals surface area (Å²) in [4.78, 5) is 22.2. The van der Waals surface area contributed by atoms with Crippen molar-refractivity contribution in [3.63, 3.8) is 0 Å². The van der Waals surface area contributed by atoms with Gasteiger partial charge in [0.15, 0.2) is 11.0 Å². The van der Waals surface area contributed by atoms with E-state index in [2.05, 4.69) is 39.7 Å². The highest BCUT2D eigenvalue weighted by Gasteiger charge is 2.29. The first-order chi connectivity index (χ1) is 14.0. The third kappa shape index (κ3) is 5.14. The fraction of sp³-hybridized carbons (Fsp3) is 0.333. The number of nitrogens with one attached hydrogen (secondary N) is 3. The molecule has 1 aromatic carbocycles. The molecule has 150 valence electrons. The summed E-state index contributed by atoms with van der Waals surface area (Å²) in [6.45, 7) is 6.17. The number of aromatic amines is 1. The smallest absolute Gasteiger partial charge is 0.227 e. The molecule has 1 fully saturated rings. The van der Waals surface area contributed by atoms with E-state index in [0.717, 1.165) is 40.6 Å². The van der Waals surface area contributed by atoms with Crippen molar-refractivity contribution in [2.75, 3.05) is 10.6 Å². The first-order valence-corrected chi connectivity index (χ1v) is 10.5. The lowest BCUT2D eigenvalue weighted by Gasteiger charge is -2.11. The number of H-pyrrole nitrogens is 1. The normalized spacial score (nSPS) is 13.5. The number of aryl methyl sites for hydroxylation is 1. The molecule has 0 bridgehead atoms. The molecule has 3 aromatic rings. The van der Waals surface area contributed by atoms with Crippen LogP contribution in [0.1, 0.15) is 44.0 Å². The van der Waals surface area contributed by atoms with Crippen LogP contribution in [0, 0.1) is 12.8 Å². The molecule has 3 N–H and O–H groups in total. The number of aromatic nitrogens is 4. The van der Waals surface area contributed by atoms with Crippen LogP contribution in [-0.4, -0.2) is 26.1 Å². The average molecular weight is 409 g/mol. The first-order valence-electron chi connectivity index (χ1n) is 9.73. The van der Waals surface area contributed by atoms with E-state index in [1.54, 1.807) is 0 Å². The van der Waals surface area contributed by atoms with E-state index in [9.17, 15) is 4.79 Å². The molecule has 7 nitrogen and oxygen atoms in total. The highest BCUT2D eigenvalue weighted by atomic mass is 32.2. The molecular formula is C21H24N6OS. The summed E-state index contributed by atoms with van der Waals surface area (Å²) in [6.07, 6.45) is 2.00. The zero-order chi connectivity index (χ0) is 20.4. The summed E-state index contributed by atoms with van der Waals surface area (Å²) in [5.41, 5.74) is 2.76. The van der Waals surface area contributed by atoms with Crippen LogP contribution in [0.5, 0.6) is 0 Å². The highest BCUT2D eigenvalue weighted by molar-refractivity contribution is 7.99. The zero-order valence-electron chi connectivity index (χ0n) is 16.7. The minimum atomic E-state index is 0.114. The molecule has 2 heterocycles. The summed E-state index contributed by atoms with van der Waals surface area (Å²) in [5, 5.41) is 14.0. The van der Waals surface area contributed by atoms with Gasteiger partial charge >= 0.3 is 0 Å². The summed E-state index contributed by atoms with van der Waals surface area (Å²) in [5.74, 6) is 2.02. The Labute approximate surface area is 174 Å². The van der Waals surface area contributed by atoms with Crippen molar-refractivity contribution in [2.45, 2.75) is 49.6 Å². The summed E-state index contributed by atoms with van der Waals surface area (Å²) in [6, 6.07) is 11.7. The van der Waals surface area contributed by atoms with Crippen LogP contribution >= 0.6 is 11.8 Å². The van der Waals surface area contributed by atoms with E-state index < -0.39 is 0 Å². The molecule has 1 amide bonds. The zero-order valence-corrected chi connectivity index (χ0v) is 17.5. The van der Waals surface area contributed by atoms with Crippen molar-refractivity contribution >= 4 is 35.0 Å². The van der Waals surface area contributed by atoms with Crippen LogP contribution in [-0.2, 0) is 4.79 Å². The van der Waals surface area contributed by atoms with Gasteiger partial charge in [-0.1, -0.05) is 13.8 Å². The van der Waals surface area contributed by atoms with Crippen LogP contribution in [0.4, 0.5) is 17.3 Å². The SMILES string of the molecule is Cc1cc(Nc2cc(C(C)C)nc(Sc3ccc(NC(=O)C4CC4)cc3)n2)n[nH]1. The Morgan fingerprint density at radius 3 is 2.52 bits per heavy atom. The number of hydrogen-bond donors (Lipinski definition) is 3. The monoisotopic (exact) mass is 408 g/mol. The van der Waals surface area contributed by atoms with Gasteiger partial charge in [0.05, 0.1) is 0 Å². The van der Waals surface area contributed by atoms with Crippen LogP contribution in [0.3, 0.4) is 0 Å². The van der Waals surface area contributed by atoms with E-state index >= 15 is 0 Å². The van der Waals surface area contributed by atoms with Crippen LogP contribution < -0.4 is 10.6 Å². The van der Waals surface area contributed by atoms with E-state index in [-0.39, 0.29) is 17.7 Å². The van der Waals surface area contributed by atoms with E-state index in [0.29, 0.717) is 11.0 Å². The molecule has 0 radical (unpaired) electrons. The molecule has 1 aliphatic carbocycles. The summed E-state index contributed by atoms with van der Waals surface area (Å²) in [7, 11) is 0. The second kappa shape index (κ2) is 8.24. The average Bonchev–Trinajstić information content (AvgIpc) is 3.46. The van der Waals surface area contributed by atoms with Gasteiger partial charge in [0.2, 0.25) is 5.91 Å². The lowest BCUT2D eigenvalue weighted by atomic mass is 10.1. The predicted molar refractivity (Wildman–Crippen MR) is 115 cm³/mol. The van der Waals surface area contributed by atoms with Crippen molar-refractivity contribution in [2.24, 2.45) is 5.92 Å². The van der Waals surface area contributed by atoms with Gasteiger partial charge in [0, 0.05) is 40.0 Å². The maximum atomic E-state index is 11.9. The third-order valence-corrected chi connectivity index (χ3v) is 5.43. The Kier molecular flexibility index (Phi) is 5.53.